The molecule has 4 N–H and O–H groups in total. The molecule has 260 valence electrons. The van der Waals surface area contributed by atoms with E-state index in [2.05, 4.69) is 16.0 Å². The molecule has 1 heterocycles. The van der Waals surface area contributed by atoms with Gasteiger partial charge in [-0.25, -0.2) is 0 Å². The lowest BCUT2D eigenvalue weighted by Gasteiger charge is -2.23. The second-order valence-electron chi connectivity index (χ2n) is 12.4. The summed E-state index contributed by atoms with van der Waals surface area (Å²) in [6.45, 7) is -0.198. The van der Waals surface area contributed by atoms with E-state index >= 15 is 0 Å². The molecule has 3 atom stereocenters. The van der Waals surface area contributed by atoms with E-state index in [-0.39, 0.29) is 32.5 Å². The number of hydrogen-bond donors (Lipinski definition) is 4. The average Bonchev–Trinajstić information content (AvgIpc) is 3.14. The fraction of sp³-hybridized carbons (Fsp3) is 0.300. The Morgan fingerprint density at radius 3 is 2.44 bits per heavy atom. The number of carbonyl (C=O) groups is 4. The lowest BCUT2D eigenvalue weighted by molar-refractivity contribution is -0.146. The molecule has 1 aliphatic rings. The van der Waals surface area contributed by atoms with Crippen LogP contribution in [0.2, 0.25) is 0 Å². The average molecular weight is 678 g/mol. The van der Waals surface area contributed by atoms with Gasteiger partial charge >= 0.3 is 5.97 Å². The van der Waals surface area contributed by atoms with Crippen molar-refractivity contribution in [3.63, 3.8) is 0 Å². The highest BCUT2D eigenvalue weighted by Gasteiger charge is 2.29. The summed E-state index contributed by atoms with van der Waals surface area (Å²) in [5.41, 5.74) is 2.48. The van der Waals surface area contributed by atoms with E-state index in [9.17, 15) is 24.3 Å². The molecule has 0 radical (unpaired) electrons. The molecule has 0 aliphatic carbocycles. The number of rotatable bonds is 11. The van der Waals surface area contributed by atoms with Gasteiger partial charge in [-0.2, -0.15) is 0 Å². The summed E-state index contributed by atoms with van der Waals surface area (Å²) in [5, 5.41) is 20.4. The van der Waals surface area contributed by atoms with Crippen LogP contribution < -0.4 is 20.7 Å². The first kappa shape index (κ1) is 35.8. The van der Waals surface area contributed by atoms with Crippen molar-refractivity contribution in [2.45, 2.75) is 57.2 Å². The minimum atomic E-state index is -1.18. The molecule has 4 aromatic rings. The van der Waals surface area contributed by atoms with E-state index in [1.807, 2.05) is 103 Å². The predicted octanol–water partition coefficient (Wildman–Crippen LogP) is 5.24. The highest BCUT2D eigenvalue weighted by Crippen LogP contribution is 2.20. The lowest BCUT2D eigenvalue weighted by atomic mass is 9.98. The van der Waals surface area contributed by atoms with Crippen molar-refractivity contribution >= 4 is 40.2 Å². The van der Waals surface area contributed by atoms with Crippen LogP contribution in [0.1, 0.15) is 43.2 Å². The van der Waals surface area contributed by atoms with Crippen molar-refractivity contribution in [2.75, 3.05) is 18.5 Å². The maximum Gasteiger partial charge on any atom is 0.305 e. The van der Waals surface area contributed by atoms with Crippen LogP contribution in [-0.4, -0.2) is 54.1 Å². The number of aliphatic hydroxyl groups is 1. The maximum absolute atomic E-state index is 13.6. The third-order valence-corrected chi connectivity index (χ3v) is 8.44. The summed E-state index contributed by atoms with van der Waals surface area (Å²) in [5.74, 6) is -2.04. The molecular formula is C40H43N3O7. The van der Waals surface area contributed by atoms with Gasteiger partial charge < -0.3 is 30.5 Å². The fourth-order valence-electron chi connectivity index (χ4n) is 5.66. The molecule has 4 aromatic carbocycles. The molecule has 0 spiro atoms. The molecule has 0 saturated carbocycles. The Bertz CT molecular complexity index is 1780. The number of cyclic esters (lactones) is 1. The standard InChI is InChI=1S/C40H43N3O7/c44-25-34(22-28-16-20-35(21-17-28)49-26-29-10-4-3-5-11-29)41-37(45)24-32-14-6-1-2-7-15-38(46)50-27-36(43-39(32)47)40(48)42-33-19-18-30-12-8-9-13-31(30)23-33/h1,3-6,8-13,16-21,23,32,34,36,44H,2,7,14-15,22,24-27H2,(H,41,45)(H,42,48)(H,43,47). The van der Waals surface area contributed by atoms with Crippen molar-refractivity contribution < 1.29 is 33.8 Å². The Morgan fingerprint density at radius 2 is 1.66 bits per heavy atom. The third kappa shape index (κ3) is 11.0. The van der Waals surface area contributed by atoms with E-state index < -0.39 is 41.7 Å². The number of ether oxygens (including phenoxy) is 2. The van der Waals surface area contributed by atoms with Gasteiger partial charge in [-0.05, 0) is 71.8 Å². The SMILES string of the molecule is O=C(CC1CC=CCCCC(=O)OCC(C(=O)Nc2ccc3ccccc3c2)NC1=O)NC(CO)Cc1ccc(OCc2ccccc2)cc1. The minimum Gasteiger partial charge on any atom is -0.489 e. The summed E-state index contributed by atoms with van der Waals surface area (Å²) in [4.78, 5) is 52.6. The number of nitrogens with one attached hydrogen (secondary N) is 3. The first-order valence-corrected chi connectivity index (χ1v) is 16.9. The summed E-state index contributed by atoms with van der Waals surface area (Å²) in [7, 11) is 0. The number of carbonyl (C=O) groups excluding carboxylic acids is 4. The van der Waals surface area contributed by atoms with Gasteiger partial charge in [0.15, 0.2) is 0 Å². The molecule has 5 rings (SSSR count). The van der Waals surface area contributed by atoms with Crippen LogP contribution in [0.25, 0.3) is 10.8 Å². The van der Waals surface area contributed by atoms with Gasteiger partial charge in [0.2, 0.25) is 11.8 Å². The first-order chi connectivity index (χ1) is 24.4. The fourth-order valence-corrected chi connectivity index (χ4v) is 5.66. The van der Waals surface area contributed by atoms with Crippen LogP contribution in [0.3, 0.4) is 0 Å². The van der Waals surface area contributed by atoms with Gasteiger partial charge in [0.25, 0.3) is 5.91 Å². The lowest BCUT2D eigenvalue weighted by Crippen LogP contribution is -2.49. The van der Waals surface area contributed by atoms with Crippen LogP contribution in [0, 0.1) is 5.92 Å². The van der Waals surface area contributed by atoms with Crippen molar-refractivity contribution in [1.82, 2.24) is 10.6 Å². The molecule has 3 amide bonds. The number of amides is 3. The van der Waals surface area contributed by atoms with Gasteiger partial charge in [-0.15, -0.1) is 0 Å². The molecule has 0 fully saturated rings. The Labute approximate surface area is 291 Å². The van der Waals surface area contributed by atoms with Crippen molar-refractivity contribution in [2.24, 2.45) is 5.92 Å². The van der Waals surface area contributed by atoms with E-state index in [1.54, 1.807) is 6.07 Å². The van der Waals surface area contributed by atoms with E-state index in [4.69, 9.17) is 9.47 Å². The Balaban J connectivity index is 1.20. The molecular weight excluding hydrogens is 634 g/mol. The molecule has 1 aliphatic heterocycles. The third-order valence-electron chi connectivity index (χ3n) is 8.44. The summed E-state index contributed by atoms with van der Waals surface area (Å²) >= 11 is 0. The normalized spacial score (nSPS) is 17.6. The molecule has 0 aromatic heterocycles. The Morgan fingerprint density at radius 1 is 0.900 bits per heavy atom. The summed E-state index contributed by atoms with van der Waals surface area (Å²) in [6.07, 6.45) is 5.47. The van der Waals surface area contributed by atoms with Gasteiger partial charge in [-0.1, -0.05) is 84.9 Å². The monoisotopic (exact) mass is 677 g/mol. The largest absolute Gasteiger partial charge is 0.489 e. The first-order valence-electron chi connectivity index (χ1n) is 16.9. The highest BCUT2D eigenvalue weighted by atomic mass is 16.5. The van der Waals surface area contributed by atoms with E-state index in [0.29, 0.717) is 37.3 Å². The Hall–Kier alpha value is -5.48. The van der Waals surface area contributed by atoms with Crippen LogP contribution in [0.5, 0.6) is 5.75 Å². The van der Waals surface area contributed by atoms with Crippen LogP contribution in [0.4, 0.5) is 5.69 Å². The number of fused-ring (bicyclic) bond motifs is 1. The van der Waals surface area contributed by atoms with Gasteiger partial charge in [0.1, 0.15) is 25.0 Å². The minimum absolute atomic E-state index is 0.169. The van der Waals surface area contributed by atoms with Crippen molar-refractivity contribution in [1.29, 1.82) is 0 Å². The van der Waals surface area contributed by atoms with Crippen LogP contribution in [-0.2, 0) is 36.9 Å². The molecule has 0 saturated heterocycles. The second kappa shape index (κ2) is 18.3. The van der Waals surface area contributed by atoms with Gasteiger partial charge in [-0.3, -0.25) is 19.2 Å². The quantitative estimate of drug-likeness (QED) is 0.126. The zero-order valence-corrected chi connectivity index (χ0v) is 27.9. The molecule has 3 unspecified atom stereocenters. The number of esters is 1. The number of benzene rings is 4. The maximum atomic E-state index is 13.6. The Kier molecular flexibility index (Phi) is 13.1. The molecule has 0 bridgehead atoms. The van der Waals surface area contributed by atoms with Crippen LogP contribution >= 0.6 is 0 Å². The van der Waals surface area contributed by atoms with Crippen molar-refractivity contribution in [3.8, 4) is 5.75 Å². The highest BCUT2D eigenvalue weighted by molar-refractivity contribution is 5.99. The van der Waals surface area contributed by atoms with Crippen LogP contribution in [0.15, 0.2) is 109 Å². The number of allylic oxidation sites excluding steroid dienone is 2. The summed E-state index contributed by atoms with van der Waals surface area (Å²) in [6, 6.07) is 28.7. The summed E-state index contributed by atoms with van der Waals surface area (Å²) < 4.78 is 11.2. The number of anilines is 1. The number of hydrogen-bond acceptors (Lipinski definition) is 7. The predicted molar refractivity (Wildman–Crippen MR) is 191 cm³/mol. The van der Waals surface area contributed by atoms with E-state index in [1.165, 1.54) is 0 Å². The smallest absolute Gasteiger partial charge is 0.305 e. The topological polar surface area (TPSA) is 143 Å². The van der Waals surface area contributed by atoms with Gasteiger partial charge in [0, 0.05) is 18.5 Å². The number of aliphatic hydroxyl groups excluding tert-OH is 1. The molecule has 50 heavy (non-hydrogen) atoms. The second-order valence-corrected chi connectivity index (χ2v) is 12.4. The van der Waals surface area contributed by atoms with Gasteiger partial charge in [0.05, 0.1) is 18.6 Å². The van der Waals surface area contributed by atoms with Crippen molar-refractivity contribution in [3.05, 3.63) is 120 Å². The zero-order valence-electron chi connectivity index (χ0n) is 27.9. The zero-order chi connectivity index (χ0) is 35.1. The van der Waals surface area contributed by atoms with E-state index in [0.717, 1.165) is 21.9 Å². The molecule has 10 heteroatoms. The molecule has 10 nitrogen and oxygen atoms in total.